The van der Waals surface area contributed by atoms with E-state index in [0.717, 1.165) is 30.6 Å². The summed E-state index contributed by atoms with van der Waals surface area (Å²) in [4.78, 5) is 7.19. The van der Waals surface area contributed by atoms with Crippen LogP contribution in [0.2, 0.25) is 0 Å². The van der Waals surface area contributed by atoms with Crippen LogP contribution in [0.3, 0.4) is 0 Å². The standard InChI is InChI=1S/C17H29N3/c1-16(2,3)13-10-11-20(12-13)15-9-7-8-14(18-15)19-17(4,5)6/h7-9,13H,10-12H2,1-6H3,(H,18,19). The molecule has 0 amide bonds. The lowest BCUT2D eigenvalue weighted by Crippen LogP contribution is -2.28. The number of hydrogen-bond acceptors (Lipinski definition) is 3. The Hall–Kier alpha value is -1.25. The molecule has 1 aromatic heterocycles. The van der Waals surface area contributed by atoms with Crippen molar-refractivity contribution >= 4 is 11.6 Å². The minimum atomic E-state index is 0.0462. The molecule has 3 nitrogen and oxygen atoms in total. The lowest BCUT2D eigenvalue weighted by Gasteiger charge is -2.27. The van der Waals surface area contributed by atoms with E-state index in [1.54, 1.807) is 0 Å². The van der Waals surface area contributed by atoms with E-state index < -0.39 is 0 Å². The zero-order chi connectivity index (χ0) is 15.0. The van der Waals surface area contributed by atoms with Crippen LogP contribution in [0.5, 0.6) is 0 Å². The van der Waals surface area contributed by atoms with Crippen molar-refractivity contribution in [2.75, 3.05) is 23.3 Å². The summed E-state index contributed by atoms with van der Waals surface area (Å²) in [5, 5.41) is 3.45. The van der Waals surface area contributed by atoms with Crippen molar-refractivity contribution in [3.63, 3.8) is 0 Å². The van der Waals surface area contributed by atoms with Crippen molar-refractivity contribution in [1.29, 1.82) is 0 Å². The zero-order valence-electron chi connectivity index (χ0n) is 13.8. The summed E-state index contributed by atoms with van der Waals surface area (Å²) in [6.45, 7) is 15.7. The van der Waals surface area contributed by atoms with E-state index in [4.69, 9.17) is 4.98 Å². The molecule has 2 rings (SSSR count). The SMILES string of the molecule is CC(C)(C)Nc1cccc(N2CCC(C(C)(C)C)C2)n1. The molecule has 1 aromatic rings. The Balaban J connectivity index is 2.09. The highest BCUT2D eigenvalue weighted by Gasteiger charge is 2.32. The molecule has 1 atom stereocenters. The van der Waals surface area contributed by atoms with Crippen LogP contribution in [0.25, 0.3) is 0 Å². The molecule has 1 saturated heterocycles. The van der Waals surface area contributed by atoms with Gasteiger partial charge in [0, 0.05) is 18.6 Å². The highest BCUT2D eigenvalue weighted by atomic mass is 15.2. The summed E-state index contributed by atoms with van der Waals surface area (Å²) in [6, 6.07) is 6.27. The van der Waals surface area contributed by atoms with Crippen LogP contribution < -0.4 is 10.2 Å². The fourth-order valence-corrected chi connectivity index (χ4v) is 2.73. The number of nitrogens with one attached hydrogen (secondary N) is 1. The van der Waals surface area contributed by atoms with Crippen molar-refractivity contribution in [3.05, 3.63) is 18.2 Å². The zero-order valence-corrected chi connectivity index (χ0v) is 13.8. The Bertz CT molecular complexity index is 454. The predicted molar refractivity (Wildman–Crippen MR) is 87.4 cm³/mol. The van der Waals surface area contributed by atoms with Gasteiger partial charge >= 0.3 is 0 Å². The van der Waals surface area contributed by atoms with Gasteiger partial charge in [0.15, 0.2) is 0 Å². The fraction of sp³-hybridized carbons (Fsp3) is 0.706. The number of pyridine rings is 1. The second kappa shape index (κ2) is 5.27. The lowest BCUT2D eigenvalue weighted by molar-refractivity contribution is 0.263. The van der Waals surface area contributed by atoms with Gasteiger partial charge in [-0.2, -0.15) is 0 Å². The summed E-state index contributed by atoms with van der Waals surface area (Å²) in [5.41, 5.74) is 0.431. The molecular weight excluding hydrogens is 246 g/mol. The molecule has 2 heterocycles. The minimum Gasteiger partial charge on any atom is -0.365 e. The van der Waals surface area contributed by atoms with Gasteiger partial charge in [-0.05, 0) is 50.7 Å². The van der Waals surface area contributed by atoms with Gasteiger partial charge in [-0.1, -0.05) is 26.8 Å². The van der Waals surface area contributed by atoms with E-state index in [-0.39, 0.29) is 5.54 Å². The molecule has 1 unspecified atom stereocenters. The Labute approximate surface area is 123 Å². The van der Waals surface area contributed by atoms with Gasteiger partial charge in [-0.15, -0.1) is 0 Å². The Kier molecular flexibility index (Phi) is 3.99. The first kappa shape index (κ1) is 15.1. The number of hydrogen-bond donors (Lipinski definition) is 1. The van der Waals surface area contributed by atoms with Crippen LogP contribution in [-0.4, -0.2) is 23.6 Å². The van der Waals surface area contributed by atoms with E-state index in [2.05, 4.69) is 63.9 Å². The first-order chi connectivity index (χ1) is 9.15. The van der Waals surface area contributed by atoms with E-state index in [1.165, 1.54) is 6.42 Å². The average molecular weight is 275 g/mol. The van der Waals surface area contributed by atoms with Gasteiger partial charge in [-0.25, -0.2) is 4.98 Å². The molecule has 1 fully saturated rings. The van der Waals surface area contributed by atoms with E-state index in [9.17, 15) is 0 Å². The Morgan fingerprint density at radius 1 is 1.15 bits per heavy atom. The topological polar surface area (TPSA) is 28.2 Å². The monoisotopic (exact) mass is 275 g/mol. The molecule has 1 N–H and O–H groups in total. The lowest BCUT2D eigenvalue weighted by atomic mass is 9.80. The molecule has 0 aromatic carbocycles. The largest absolute Gasteiger partial charge is 0.365 e. The van der Waals surface area contributed by atoms with Gasteiger partial charge in [0.05, 0.1) is 0 Å². The molecule has 1 aliphatic heterocycles. The first-order valence-corrected chi connectivity index (χ1v) is 7.65. The van der Waals surface area contributed by atoms with Gasteiger partial charge in [0.25, 0.3) is 0 Å². The molecule has 1 aliphatic rings. The van der Waals surface area contributed by atoms with Crippen molar-refractivity contribution in [2.24, 2.45) is 11.3 Å². The van der Waals surface area contributed by atoms with Crippen molar-refractivity contribution in [1.82, 2.24) is 4.98 Å². The van der Waals surface area contributed by atoms with Crippen molar-refractivity contribution in [2.45, 2.75) is 53.5 Å². The minimum absolute atomic E-state index is 0.0462. The van der Waals surface area contributed by atoms with Crippen molar-refractivity contribution in [3.8, 4) is 0 Å². The van der Waals surface area contributed by atoms with Gasteiger partial charge in [0.1, 0.15) is 11.6 Å². The van der Waals surface area contributed by atoms with Gasteiger partial charge in [-0.3, -0.25) is 0 Å². The predicted octanol–water partition coefficient (Wildman–Crippen LogP) is 4.16. The number of anilines is 2. The molecule has 3 heteroatoms. The molecule has 0 radical (unpaired) electrons. The number of rotatable bonds is 2. The normalized spacial score (nSPS) is 20.3. The van der Waals surface area contributed by atoms with Crippen LogP contribution >= 0.6 is 0 Å². The maximum Gasteiger partial charge on any atom is 0.130 e. The summed E-state index contributed by atoms with van der Waals surface area (Å²) in [6.07, 6.45) is 1.27. The summed E-state index contributed by atoms with van der Waals surface area (Å²) >= 11 is 0. The highest BCUT2D eigenvalue weighted by Crippen LogP contribution is 2.35. The quantitative estimate of drug-likeness (QED) is 0.878. The van der Waals surface area contributed by atoms with Crippen LogP contribution in [0.1, 0.15) is 48.0 Å². The van der Waals surface area contributed by atoms with E-state index >= 15 is 0 Å². The number of aromatic nitrogens is 1. The summed E-state index contributed by atoms with van der Waals surface area (Å²) in [5.74, 6) is 2.82. The third-order valence-electron chi connectivity index (χ3n) is 3.97. The molecule has 0 saturated carbocycles. The van der Waals surface area contributed by atoms with Crippen LogP contribution in [0, 0.1) is 11.3 Å². The maximum absolute atomic E-state index is 4.77. The third kappa shape index (κ3) is 3.87. The van der Waals surface area contributed by atoms with Gasteiger partial charge < -0.3 is 10.2 Å². The molecule has 0 bridgehead atoms. The van der Waals surface area contributed by atoms with Crippen LogP contribution in [-0.2, 0) is 0 Å². The average Bonchev–Trinajstić information content (AvgIpc) is 2.75. The smallest absolute Gasteiger partial charge is 0.130 e. The van der Waals surface area contributed by atoms with Crippen LogP contribution in [0.4, 0.5) is 11.6 Å². The molecular formula is C17H29N3. The van der Waals surface area contributed by atoms with Crippen LogP contribution in [0.15, 0.2) is 18.2 Å². The Morgan fingerprint density at radius 3 is 2.40 bits per heavy atom. The second-order valence-corrected chi connectivity index (χ2v) is 8.05. The van der Waals surface area contributed by atoms with E-state index in [1.807, 2.05) is 6.07 Å². The summed E-state index contributed by atoms with van der Waals surface area (Å²) in [7, 11) is 0. The van der Waals surface area contributed by atoms with E-state index in [0.29, 0.717) is 5.41 Å². The number of nitrogens with zero attached hydrogens (tertiary/aromatic N) is 2. The fourth-order valence-electron chi connectivity index (χ4n) is 2.73. The molecule has 0 spiro atoms. The summed E-state index contributed by atoms with van der Waals surface area (Å²) < 4.78 is 0. The maximum atomic E-state index is 4.77. The molecule has 20 heavy (non-hydrogen) atoms. The van der Waals surface area contributed by atoms with Crippen molar-refractivity contribution < 1.29 is 0 Å². The molecule has 112 valence electrons. The Morgan fingerprint density at radius 2 is 1.85 bits per heavy atom. The molecule has 0 aliphatic carbocycles. The highest BCUT2D eigenvalue weighted by molar-refractivity contribution is 5.48. The third-order valence-corrected chi connectivity index (χ3v) is 3.97. The first-order valence-electron chi connectivity index (χ1n) is 7.65. The second-order valence-electron chi connectivity index (χ2n) is 8.05. The van der Waals surface area contributed by atoms with Gasteiger partial charge in [0.2, 0.25) is 0 Å².